The summed E-state index contributed by atoms with van der Waals surface area (Å²) in [5.41, 5.74) is 3.75. The minimum absolute atomic E-state index is 0.661. The number of fused-ring (bicyclic) bond motifs is 1. The highest BCUT2D eigenvalue weighted by atomic mass is 14.7. The van der Waals surface area contributed by atoms with E-state index in [-0.39, 0.29) is 0 Å². The largest absolute Gasteiger partial charge is 0.253 e. The number of nitrogens with zero attached hydrogens (tertiary/aromatic N) is 1. The van der Waals surface area contributed by atoms with Gasteiger partial charge in [-0.1, -0.05) is 45.9 Å². The van der Waals surface area contributed by atoms with Crippen LogP contribution in [0, 0.1) is 11.8 Å². The van der Waals surface area contributed by atoms with E-state index >= 15 is 0 Å². The zero-order chi connectivity index (χ0) is 13.1. The molecule has 0 unspecified atom stereocenters. The molecule has 1 aromatic carbocycles. The van der Waals surface area contributed by atoms with Crippen LogP contribution in [0.4, 0.5) is 0 Å². The smallest absolute Gasteiger partial charge is 0.0708 e. The zero-order valence-electron chi connectivity index (χ0n) is 11.9. The summed E-state index contributed by atoms with van der Waals surface area (Å²) in [5.74, 6) is 1.36. The monoisotopic (exact) mass is 241 g/mol. The van der Waals surface area contributed by atoms with Crippen molar-refractivity contribution in [2.45, 2.75) is 40.5 Å². The quantitative estimate of drug-likeness (QED) is 0.760. The third kappa shape index (κ3) is 3.32. The zero-order valence-corrected chi connectivity index (χ0v) is 11.9. The van der Waals surface area contributed by atoms with Crippen LogP contribution in [0.5, 0.6) is 0 Å². The van der Waals surface area contributed by atoms with Crippen LogP contribution in [0.1, 0.15) is 39.0 Å². The molecule has 0 saturated carbocycles. The van der Waals surface area contributed by atoms with Gasteiger partial charge in [0.05, 0.1) is 5.52 Å². The summed E-state index contributed by atoms with van der Waals surface area (Å²) < 4.78 is 0. The summed E-state index contributed by atoms with van der Waals surface area (Å²) in [6.45, 7) is 8.99. The van der Waals surface area contributed by atoms with E-state index < -0.39 is 0 Å². The maximum atomic E-state index is 4.78. The molecule has 0 radical (unpaired) electrons. The summed E-state index contributed by atoms with van der Waals surface area (Å²) in [5, 5.41) is 1.25. The van der Waals surface area contributed by atoms with Crippen LogP contribution in [0.15, 0.2) is 30.3 Å². The molecule has 96 valence electrons. The lowest BCUT2D eigenvalue weighted by atomic mass is 10.0. The molecule has 0 atom stereocenters. The Balaban J connectivity index is 2.33. The molecule has 0 fully saturated rings. The van der Waals surface area contributed by atoms with Gasteiger partial charge >= 0.3 is 0 Å². The maximum Gasteiger partial charge on any atom is 0.0708 e. The van der Waals surface area contributed by atoms with Crippen molar-refractivity contribution < 1.29 is 0 Å². The van der Waals surface area contributed by atoms with E-state index in [0.29, 0.717) is 11.8 Å². The Kier molecular flexibility index (Phi) is 4.00. The average Bonchev–Trinajstić information content (AvgIpc) is 2.26. The van der Waals surface area contributed by atoms with Gasteiger partial charge in [0.2, 0.25) is 0 Å². The Morgan fingerprint density at radius 3 is 2.22 bits per heavy atom. The second kappa shape index (κ2) is 5.51. The van der Waals surface area contributed by atoms with Crippen molar-refractivity contribution in [3.05, 3.63) is 41.6 Å². The first-order chi connectivity index (χ1) is 8.54. The van der Waals surface area contributed by atoms with Gasteiger partial charge in [-0.2, -0.15) is 0 Å². The summed E-state index contributed by atoms with van der Waals surface area (Å²) in [6, 6.07) is 11.0. The molecule has 0 bridgehead atoms. The lowest BCUT2D eigenvalue weighted by Crippen LogP contribution is -1.98. The minimum Gasteiger partial charge on any atom is -0.253 e. The van der Waals surface area contributed by atoms with Crippen molar-refractivity contribution in [2.24, 2.45) is 11.8 Å². The number of benzene rings is 1. The Labute approximate surface area is 110 Å². The summed E-state index contributed by atoms with van der Waals surface area (Å²) >= 11 is 0. The van der Waals surface area contributed by atoms with Gasteiger partial charge in [-0.05, 0) is 42.4 Å². The maximum absolute atomic E-state index is 4.78. The van der Waals surface area contributed by atoms with Gasteiger partial charge in [0.25, 0.3) is 0 Å². The molecule has 0 aliphatic rings. The molecule has 2 aromatic rings. The first-order valence-corrected chi connectivity index (χ1v) is 6.93. The van der Waals surface area contributed by atoms with Crippen LogP contribution in [0.3, 0.4) is 0 Å². The van der Waals surface area contributed by atoms with E-state index in [2.05, 4.69) is 58.0 Å². The Morgan fingerprint density at radius 2 is 1.56 bits per heavy atom. The molecule has 2 rings (SSSR count). The van der Waals surface area contributed by atoms with E-state index in [1.165, 1.54) is 16.6 Å². The van der Waals surface area contributed by atoms with Gasteiger partial charge in [0.15, 0.2) is 0 Å². The molecule has 1 aromatic heterocycles. The van der Waals surface area contributed by atoms with Gasteiger partial charge in [0.1, 0.15) is 0 Å². The van der Waals surface area contributed by atoms with Crippen molar-refractivity contribution in [3.63, 3.8) is 0 Å². The van der Waals surface area contributed by atoms with E-state index in [9.17, 15) is 0 Å². The molecule has 18 heavy (non-hydrogen) atoms. The lowest BCUT2D eigenvalue weighted by molar-refractivity contribution is 0.637. The first kappa shape index (κ1) is 13.1. The topological polar surface area (TPSA) is 12.9 Å². The summed E-state index contributed by atoms with van der Waals surface area (Å²) in [7, 11) is 0. The molecular weight excluding hydrogens is 218 g/mol. The van der Waals surface area contributed by atoms with Crippen molar-refractivity contribution in [1.82, 2.24) is 4.98 Å². The Hall–Kier alpha value is -1.37. The fourth-order valence-electron chi connectivity index (χ4n) is 2.34. The molecule has 1 nitrogen and oxygen atoms in total. The molecule has 0 spiro atoms. The lowest BCUT2D eigenvalue weighted by Gasteiger charge is -2.08. The van der Waals surface area contributed by atoms with E-state index in [4.69, 9.17) is 4.98 Å². The van der Waals surface area contributed by atoms with Crippen molar-refractivity contribution >= 4 is 10.9 Å². The van der Waals surface area contributed by atoms with Crippen LogP contribution in [0.2, 0.25) is 0 Å². The summed E-state index contributed by atoms with van der Waals surface area (Å²) in [6.07, 6.45) is 2.19. The molecule has 1 heteroatoms. The average molecular weight is 241 g/mol. The second-order valence-corrected chi connectivity index (χ2v) is 6.03. The highest BCUT2D eigenvalue weighted by Crippen LogP contribution is 2.18. The molecule has 1 heterocycles. The van der Waals surface area contributed by atoms with Crippen LogP contribution >= 0.6 is 0 Å². The highest BCUT2D eigenvalue weighted by molar-refractivity contribution is 5.79. The highest BCUT2D eigenvalue weighted by Gasteiger charge is 2.03. The van der Waals surface area contributed by atoms with Crippen molar-refractivity contribution in [3.8, 4) is 0 Å². The number of pyridine rings is 1. The van der Waals surface area contributed by atoms with Crippen LogP contribution < -0.4 is 0 Å². The minimum atomic E-state index is 0.661. The van der Waals surface area contributed by atoms with Gasteiger partial charge < -0.3 is 0 Å². The molecular formula is C17H23N. The standard InChI is InChI=1S/C17H23N/c1-12(2)9-14-5-6-15-7-8-16(10-13(3)4)18-17(15)11-14/h5-8,11-13H,9-10H2,1-4H3. The van der Waals surface area contributed by atoms with Gasteiger partial charge in [-0.3, -0.25) is 4.98 Å². The fourth-order valence-corrected chi connectivity index (χ4v) is 2.34. The Bertz CT molecular complexity index is 481. The number of hydrogen-bond donors (Lipinski definition) is 0. The third-order valence-corrected chi connectivity index (χ3v) is 3.08. The van der Waals surface area contributed by atoms with Crippen LogP contribution in [-0.2, 0) is 12.8 Å². The number of aromatic nitrogens is 1. The second-order valence-electron chi connectivity index (χ2n) is 6.03. The predicted molar refractivity (Wildman–Crippen MR) is 78.8 cm³/mol. The first-order valence-electron chi connectivity index (χ1n) is 6.93. The molecule has 0 N–H and O–H groups in total. The van der Waals surface area contributed by atoms with Crippen molar-refractivity contribution in [2.75, 3.05) is 0 Å². The third-order valence-electron chi connectivity index (χ3n) is 3.08. The van der Waals surface area contributed by atoms with E-state index in [1.807, 2.05) is 0 Å². The molecule has 0 amide bonds. The molecule has 0 saturated heterocycles. The van der Waals surface area contributed by atoms with Gasteiger partial charge in [-0.15, -0.1) is 0 Å². The van der Waals surface area contributed by atoms with Crippen LogP contribution in [-0.4, -0.2) is 4.98 Å². The van der Waals surface area contributed by atoms with Gasteiger partial charge in [0, 0.05) is 11.1 Å². The molecule has 0 aliphatic carbocycles. The summed E-state index contributed by atoms with van der Waals surface area (Å²) in [4.78, 5) is 4.78. The van der Waals surface area contributed by atoms with E-state index in [1.54, 1.807) is 0 Å². The van der Waals surface area contributed by atoms with Crippen molar-refractivity contribution in [1.29, 1.82) is 0 Å². The van der Waals surface area contributed by atoms with Gasteiger partial charge in [-0.25, -0.2) is 0 Å². The predicted octanol–water partition coefficient (Wildman–Crippen LogP) is 4.63. The SMILES string of the molecule is CC(C)Cc1ccc2ccc(CC(C)C)nc2c1. The number of hydrogen-bond acceptors (Lipinski definition) is 1. The Morgan fingerprint density at radius 1 is 0.889 bits per heavy atom. The normalized spacial score (nSPS) is 11.7. The molecule has 0 aliphatic heterocycles. The fraction of sp³-hybridized carbons (Fsp3) is 0.471. The van der Waals surface area contributed by atoms with Crippen LogP contribution in [0.25, 0.3) is 10.9 Å². The van der Waals surface area contributed by atoms with E-state index in [0.717, 1.165) is 18.4 Å². The number of rotatable bonds is 4.